The third-order valence-electron chi connectivity index (χ3n) is 4.55. The van der Waals surface area contributed by atoms with Crippen molar-refractivity contribution in [3.05, 3.63) is 23.8 Å². The van der Waals surface area contributed by atoms with E-state index in [2.05, 4.69) is 17.1 Å². The molecule has 0 aromatic heterocycles. The molecule has 1 N–H and O–H groups in total. The molecule has 0 bridgehead atoms. The highest BCUT2D eigenvalue weighted by Gasteiger charge is 2.26. The van der Waals surface area contributed by atoms with Gasteiger partial charge in [0.25, 0.3) is 5.91 Å². The normalized spacial score (nSPS) is 18.5. The number of hydrogen-bond acceptors (Lipinski definition) is 5. The zero-order valence-corrected chi connectivity index (χ0v) is 15.4. The molecule has 24 heavy (non-hydrogen) atoms. The van der Waals surface area contributed by atoms with Gasteiger partial charge in [0.2, 0.25) is 0 Å². The first-order chi connectivity index (χ1) is 11.4. The Morgan fingerprint density at radius 2 is 2.12 bits per heavy atom. The number of nitrogens with zero attached hydrogens (tertiary/aromatic N) is 1. The largest absolute Gasteiger partial charge is 0.495 e. The number of nitrogens with one attached hydrogen (secondary N) is 1. The molecule has 1 heterocycles. The van der Waals surface area contributed by atoms with Crippen molar-refractivity contribution in [2.75, 3.05) is 32.5 Å². The summed E-state index contributed by atoms with van der Waals surface area (Å²) < 4.78 is 29.6. The Balaban J connectivity index is 2.19. The van der Waals surface area contributed by atoms with Crippen molar-refractivity contribution in [3.63, 3.8) is 0 Å². The smallest absolute Gasteiger partial charge is 0.255 e. The quantitative estimate of drug-likeness (QED) is 0.807. The summed E-state index contributed by atoms with van der Waals surface area (Å²) in [5.41, 5.74) is 0.257. The molecule has 1 aliphatic rings. The van der Waals surface area contributed by atoms with Crippen molar-refractivity contribution in [2.24, 2.45) is 0 Å². The van der Waals surface area contributed by atoms with Crippen molar-refractivity contribution in [1.29, 1.82) is 0 Å². The lowest BCUT2D eigenvalue weighted by atomic mass is 10.1. The van der Waals surface area contributed by atoms with Gasteiger partial charge in [-0.3, -0.25) is 9.69 Å². The van der Waals surface area contributed by atoms with Gasteiger partial charge in [0.1, 0.15) is 10.6 Å². The van der Waals surface area contributed by atoms with Crippen molar-refractivity contribution in [1.82, 2.24) is 10.2 Å². The maximum atomic E-state index is 12.5. The van der Waals surface area contributed by atoms with Gasteiger partial charge in [-0.1, -0.05) is 19.9 Å². The van der Waals surface area contributed by atoms with Gasteiger partial charge in [-0.2, -0.15) is 0 Å². The Morgan fingerprint density at radius 1 is 1.38 bits per heavy atom. The van der Waals surface area contributed by atoms with E-state index >= 15 is 0 Å². The van der Waals surface area contributed by atoms with E-state index in [-0.39, 0.29) is 27.9 Å². The third-order valence-corrected chi connectivity index (χ3v) is 6.30. The van der Waals surface area contributed by atoms with Crippen molar-refractivity contribution in [3.8, 4) is 5.75 Å². The van der Waals surface area contributed by atoms with Gasteiger partial charge in [-0.25, -0.2) is 8.42 Å². The molecular weight excluding hydrogens is 328 g/mol. The summed E-state index contributed by atoms with van der Waals surface area (Å²) in [6.45, 7) is 6.27. The number of benzene rings is 1. The first-order valence-electron chi connectivity index (χ1n) is 8.36. The molecule has 1 amide bonds. The Hall–Kier alpha value is -1.60. The molecule has 1 saturated heterocycles. The summed E-state index contributed by atoms with van der Waals surface area (Å²) >= 11 is 0. The standard InChI is InChI=1S/C17H26N2O4S/c1-4-19-11-7-8-13(19)12-18-17(20)14-9-6-10-15(16(14)23-3)24(21,22)5-2/h6,9-10,13H,4-5,7-8,11-12H2,1-3H3,(H,18,20)/t13-/m1/s1. The number of likely N-dealkylation sites (N-methyl/N-ethyl adjacent to an activating group) is 1. The monoisotopic (exact) mass is 354 g/mol. The van der Waals surface area contributed by atoms with Gasteiger partial charge < -0.3 is 10.1 Å². The summed E-state index contributed by atoms with van der Waals surface area (Å²) in [7, 11) is -2.07. The highest BCUT2D eigenvalue weighted by molar-refractivity contribution is 7.91. The maximum Gasteiger partial charge on any atom is 0.255 e. The van der Waals surface area contributed by atoms with E-state index in [0.717, 1.165) is 25.9 Å². The van der Waals surface area contributed by atoms with Crippen LogP contribution in [0.4, 0.5) is 0 Å². The number of hydrogen-bond donors (Lipinski definition) is 1. The van der Waals surface area contributed by atoms with Crippen LogP contribution in [0, 0.1) is 0 Å². The predicted octanol–water partition coefficient (Wildman–Crippen LogP) is 1.70. The Labute approximate surface area is 144 Å². The van der Waals surface area contributed by atoms with Gasteiger partial charge in [-0.15, -0.1) is 0 Å². The number of para-hydroxylation sites is 1. The van der Waals surface area contributed by atoms with E-state index in [1.54, 1.807) is 19.1 Å². The van der Waals surface area contributed by atoms with Crippen LogP contribution < -0.4 is 10.1 Å². The number of rotatable bonds is 7. The van der Waals surface area contributed by atoms with Gasteiger partial charge in [0.15, 0.2) is 9.84 Å². The first kappa shape index (κ1) is 18.7. The minimum atomic E-state index is -3.45. The fourth-order valence-electron chi connectivity index (χ4n) is 3.15. The van der Waals surface area contributed by atoms with Crippen LogP contribution in [0.15, 0.2) is 23.1 Å². The minimum absolute atomic E-state index is 0.0397. The molecule has 1 aromatic rings. The number of sulfone groups is 1. The lowest BCUT2D eigenvalue weighted by Crippen LogP contribution is -2.40. The van der Waals surface area contributed by atoms with E-state index in [1.165, 1.54) is 13.2 Å². The SMILES string of the molecule is CCN1CCC[C@@H]1CNC(=O)c1cccc(S(=O)(=O)CC)c1OC. The molecule has 0 spiro atoms. The fraction of sp³-hybridized carbons (Fsp3) is 0.588. The van der Waals surface area contributed by atoms with E-state index in [4.69, 9.17) is 4.74 Å². The van der Waals surface area contributed by atoms with E-state index in [0.29, 0.717) is 12.6 Å². The Bertz CT molecular complexity index is 688. The molecule has 134 valence electrons. The maximum absolute atomic E-state index is 12.5. The number of carbonyl (C=O) groups excluding carboxylic acids is 1. The molecule has 0 saturated carbocycles. The summed E-state index contributed by atoms with van der Waals surface area (Å²) in [5.74, 6) is -0.222. The molecule has 1 aromatic carbocycles. The van der Waals surface area contributed by atoms with Crippen LogP contribution in [0.5, 0.6) is 5.75 Å². The number of methoxy groups -OCH3 is 1. The van der Waals surface area contributed by atoms with Crippen molar-refractivity contribution in [2.45, 2.75) is 37.6 Å². The van der Waals surface area contributed by atoms with Crippen LogP contribution in [0.3, 0.4) is 0 Å². The van der Waals surface area contributed by atoms with Crippen LogP contribution in [0.2, 0.25) is 0 Å². The first-order valence-corrected chi connectivity index (χ1v) is 10.0. The molecular formula is C17H26N2O4S. The van der Waals surface area contributed by atoms with E-state index in [9.17, 15) is 13.2 Å². The predicted molar refractivity (Wildman–Crippen MR) is 93.3 cm³/mol. The number of amides is 1. The van der Waals surface area contributed by atoms with Gasteiger partial charge in [-0.05, 0) is 38.1 Å². The average molecular weight is 354 g/mol. The summed E-state index contributed by atoms with van der Waals surface area (Å²) in [4.78, 5) is 14.9. The van der Waals surface area contributed by atoms with Gasteiger partial charge in [0, 0.05) is 12.6 Å². The van der Waals surface area contributed by atoms with Gasteiger partial charge >= 0.3 is 0 Å². The van der Waals surface area contributed by atoms with Crippen LogP contribution in [-0.2, 0) is 9.84 Å². The van der Waals surface area contributed by atoms with Crippen LogP contribution in [-0.4, -0.2) is 57.8 Å². The topological polar surface area (TPSA) is 75.7 Å². The second-order valence-electron chi connectivity index (χ2n) is 5.88. The lowest BCUT2D eigenvalue weighted by molar-refractivity contribution is 0.0938. The molecule has 2 rings (SSSR count). The average Bonchev–Trinajstić information content (AvgIpc) is 3.06. The van der Waals surface area contributed by atoms with Gasteiger partial charge in [0.05, 0.1) is 18.4 Å². The Kier molecular flexibility index (Phi) is 6.23. The molecule has 6 nitrogen and oxygen atoms in total. The van der Waals surface area contributed by atoms with Crippen LogP contribution >= 0.6 is 0 Å². The number of carbonyl (C=O) groups is 1. The molecule has 0 unspecified atom stereocenters. The molecule has 7 heteroatoms. The van der Waals surface area contributed by atoms with E-state index in [1.807, 2.05) is 0 Å². The third kappa shape index (κ3) is 3.89. The Morgan fingerprint density at radius 3 is 2.75 bits per heavy atom. The van der Waals surface area contributed by atoms with Crippen molar-refractivity contribution >= 4 is 15.7 Å². The summed E-state index contributed by atoms with van der Waals surface area (Å²) in [6, 6.07) is 4.99. The molecule has 0 radical (unpaired) electrons. The number of ether oxygens (including phenoxy) is 1. The lowest BCUT2D eigenvalue weighted by Gasteiger charge is -2.23. The highest BCUT2D eigenvalue weighted by Crippen LogP contribution is 2.29. The molecule has 1 atom stereocenters. The molecule has 0 aliphatic carbocycles. The van der Waals surface area contributed by atoms with Crippen molar-refractivity contribution < 1.29 is 17.9 Å². The fourth-order valence-corrected chi connectivity index (χ4v) is 4.23. The molecule has 1 fully saturated rings. The summed E-state index contributed by atoms with van der Waals surface area (Å²) in [6.07, 6.45) is 2.21. The van der Waals surface area contributed by atoms with Crippen LogP contribution in [0.25, 0.3) is 0 Å². The zero-order chi connectivity index (χ0) is 17.7. The second kappa shape index (κ2) is 7.98. The second-order valence-corrected chi connectivity index (χ2v) is 8.12. The summed E-state index contributed by atoms with van der Waals surface area (Å²) in [5, 5.41) is 2.92. The number of likely N-dealkylation sites (tertiary alicyclic amines) is 1. The van der Waals surface area contributed by atoms with E-state index < -0.39 is 9.84 Å². The highest BCUT2D eigenvalue weighted by atomic mass is 32.2. The minimum Gasteiger partial charge on any atom is -0.495 e. The van der Waals surface area contributed by atoms with Crippen LogP contribution in [0.1, 0.15) is 37.0 Å². The zero-order valence-electron chi connectivity index (χ0n) is 14.5. The molecule has 1 aliphatic heterocycles.